The van der Waals surface area contributed by atoms with Crippen molar-refractivity contribution in [1.29, 1.82) is 0 Å². The number of nitrogens with zero attached hydrogens (tertiary/aromatic N) is 2. The number of rotatable bonds is 4. The molecular weight excluding hydrogens is 452 g/mol. The first kappa shape index (κ1) is 29.0. The van der Waals surface area contributed by atoms with Crippen LogP contribution in [0.15, 0.2) is 34.1 Å². The molecule has 1 aromatic carbocycles. The fourth-order valence-corrected chi connectivity index (χ4v) is 4.90. The molecule has 2 aliphatic rings. The highest BCUT2D eigenvalue weighted by molar-refractivity contribution is 7.86. The van der Waals surface area contributed by atoms with E-state index in [-0.39, 0.29) is 0 Å². The second-order valence-corrected chi connectivity index (χ2v) is 12.0. The molecule has 0 amide bonds. The lowest BCUT2D eigenvalue weighted by molar-refractivity contribution is -0.912. The first-order valence-electron chi connectivity index (χ1n) is 11.4. The number of quaternary nitrogens is 2. The molecule has 0 spiro atoms. The minimum atomic E-state index is -4.61. The van der Waals surface area contributed by atoms with Gasteiger partial charge >= 0.3 is 0 Å². The van der Waals surface area contributed by atoms with Crippen molar-refractivity contribution in [3.63, 3.8) is 0 Å². The second kappa shape index (κ2) is 12.4. The van der Waals surface area contributed by atoms with Gasteiger partial charge in [-0.25, -0.2) is 16.8 Å². The predicted molar refractivity (Wildman–Crippen MR) is 123 cm³/mol. The first-order chi connectivity index (χ1) is 14.7. The van der Waals surface area contributed by atoms with Crippen molar-refractivity contribution >= 4 is 20.2 Å². The van der Waals surface area contributed by atoms with E-state index < -0.39 is 30.0 Å². The van der Waals surface area contributed by atoms with Gasteiger partial charge in [0.15, 0.2) is 0 Å². The zero-order valence-electron chi connectivity index (χ0n) is 20.0. The number of likely N-dealkylation sites (tertiary alicyclic amines) is 2. The Labute approximate surface area is 194 Å². The molecule has 8 nitrogen and oxygen atoms in total. The molecular formula is C22H40N2O6S2. The molecule has 0 unspecified atom stereocenters. The van der Waals surface area contributed by atoms with E-state index in [1.165, 1.54) is 86.8 Å². The SMILES string of the molecule is CC[N+]1(C)CCCCC1.CC[N+]1(C)CCCCC1.O=S(=O)([O-])c1ccc(S(=O)(=O)[O-])cc1. The number of benzene rings is 1. The zero-order valence-corrected chi connectivity index (χ0v) is 21.6. The lowest BCUT2D eigenvalue weighted by Crippen LogP contribution is -2.47. The van der Waals surface area contributed by atoms with Crippen LogP contribution in [0.4, 0.5) is 0 Å². The van der Waals surface area contributed by atoms with Crippen molar-refractivity contribution in [1.82, 2.24) is 0 Å². The summed E-state index contributed by atoms with van der Waals surface area (Å²) in [4.78, 5) is -1.16. The third-order valence-corrected chi connectivity index (χ3v) is 8.42. The van der Waals surface area contributed by atoms with Crippen LogP contribution in [0.25, 0.3) is 0 Å². The summed E-state index contributed by atoms with van der Waals surface area (Å²) in [7, 11) is -4.48. The molecule has 0 aromatic heterocycles. The van der Waals surface area contributed by atoms with Crippen LogP contribution in [0.2, 0.25) is 0 Å². The molecule has 0 N–H and O–H groups in total. The summed E-state index contributed by atoms with van der Waals surface area (Å²) < 4.78 is 65.1. The van der Waals surface area contributed by atoms with Crippen molar-refractivity contribution in [3.8, 4) is 0 Å². The summed E-state index contributed by atoms with van der Waals surface area (Å²) in [6, 6.07) is 3.08. The fraction of sp³-hybridized carbons (Fsp3) is 0.727. The van der Waals surface area contributed by atoms with Crippen LogP contribution in [0.3, 0.4) is 0 Å². The Hall–Kier alpha value is -1.04. The van der Waals surface area contributed by atoms with E-state index in [1.807, 2.05) is 0 Å². The minimum Gasteiger partial charge on any atom is -0.744 e. The van der Waals surface area contributed by atoms with Gasteiger partial charge in [-0.2, -0.15) is 0 Å². The van der Waals surface area contributed by atoms with Crippen molar-refractivity contribution in [2.24, 2.45) is 0 Å². The first-order valence-corrected chi connectivity index (χ1v) is 14.3. The van der Waals surface area contributed by atoms with Crippen molar-refractivity contribution in [2.75, 3.05) is 53.4 Å². The van der Waals surface area contributed by atoms with Gasteiger partial charge in [0.1, 0.15) is 20.2 Å². The smallest absolute Gasteiger partial charge is 0.124 e. The molecule has 2 aliphatic heterocycles. The van der Waals surface area contributed by atoms with E-state index in [4.69, 9.17) is 0 Å². The van der Waals surface area contributed by atoms with Crippen LogP contribution in [0.1, 0.15) is 52.4 Å². The predicted octanol–water partition coefficient (Wildman–Crippen LogP) is 2.77. The maximum Gasteiger partial charge on any atom is 0.124 e. The average molecular weight is 493 g/mol. The molecule has 186 valence electrons. The Morgan fingerprint density at radius 2 is 0.875 bits per heavy atom. The van der Waals surface area contributed by atoms with E-state index in [0.717, 1.165) is 24.3 Å². The molecule has 0 atom stereocenters. The summed E-state index contributed by atoms with van der Waals surface area (Å²) >= 11 is 0. The van der Waals surface area contributed by atoms with E-state index in [0.29, 0.717) is 0 Å². The van der Waals surface area contributed by atoms with Crippen LogP contribution < -0.4 is 0 Å². The van der Waals surface area contributed by atoms with Crippen LogP contribution in [0.5, 0.6) is 0 Å². The quantitative estimate of drug-likeness (QED) is 0.472. The van der Waals surface area contributed by atoms with Crippen molar-refractivity contribution in [2.45, 2.75) is 62.2 Å². The highest BCUT2D eigenvalue weighted by Crippen LogP contribution is 2.16. The van der Waals surface area contributed by atoms with Gasteiger partial charge in [-0.1, -0.05) is 0 Å². The maximum atomic E-state index is 10.4. The van der Waals surface area contributed by atoms with Crippen LogP contribution in [-0.2, 0) is 20.2 Å². The van der Waals surface area contributed by atoms with Crippen LogP contribution in [-0.4, -0.2) is 88.3 Å². The summed E-state index contributed by atoms with van der Waals surface area (Å²) in [5, 5.41) is 0. The average Bonchev–Trinajstić information content (AvgIpc) is 2.75. The molecule has 0 aliphatic carbocycles. The highest BCUT2D eigenvalue weighted by Gasteiger charge is 2.22. The van der Waals surface area contributed by atoms with Gasteiger partial charge in [0, 0.05) is 0 Å². The van der Waals surface area contributed by atoms with E-state index in [2.05, 4.69) is 27.9 Å². The molecule has 0 radical (unpaired) electrons. The minimum absolute atomic E-state index is 0.579. The third kappa shape index (κ3) is 10.3. The molecule has 2 fully saturated rings. The molecule has 0 saturated carbocycles. The van der Waals surface area contributed by atoms with Gasteiger partial charge in [-0.3, -0.25) is 0 Å². The van der Waals surface area contributed by atoms with Gasteiger partial charge in [0.05, 0.1) is 63.2 Å². The normalized spacial score (nSPS) is 20.2. The van der Waals surface area contributed by atoms with Gasteiger partial charge in [0.25, 0.3) is 0 Å². The van der Waals surface area contributed by atoms with Crippen molar-refractivity contribution in [3.05, 3.63) is 24.3 Å². The topological polar surface area (TPSA) is 114 Å². The number of hydrogen-bond donors (Lipinski definition) is 0. The summed E-state index contributed by atoms with van der Waals surface area (Å²) in [5.74, 6) is 0. The number of piperidine rings is 2. The third-order valence-electron chi connectivity index (χ3n) is 6.72. The Balaban J connectivity index is 0.000000250. The zero-order chi connectivity index (χ0) is 24.5. The lowest BCUT2D eigenvalue weighted by Gasteiger charge is -2.36. The fourth-order valence-electron chi connectivity index (χ4n) is 3.96. The summed E-state index contributed by atoms with van der Waals surface area (Å²) in [6.07, 6.45) is 8.73. The summed E-state index contributed by atoms with van der Waals surface area (Å²) in [6.45, 7) is 12.9. The van der Waals surface area contributed by atoms with Gasteiger partial charge in [-0.05, 0) is 76.6 Å². The van der Waals surface area contributed by atoms with Gasteiger partial charge in [-0.15, -0.1) is 0 Å². The molecule has 2 heterocycles. The molecule has 0 bridgehead atoms. The van der Waals surface area contributed by atoms with E-state index in [1.54, 1.807) is 0 Å². The van der Waals surface area contributed by atoms with Crippen molar-refractivity contribution < 1.29 is 34.9 Å². The molecule has 3 rings (SSSR count). The van der Waals surface area contributed by atoms with E-state index in [9.17, 15) is 25.9 Å². The Bertz CT molecular complexity index is 812. The van der Waals surface area contributed by atoms with Crippen LogP contribution >= 0.6 is 0 Å². The Morgan fingerprint density at radius 1 is 0.625 bits per heavy atom. The monoisotopic (exact) mass is 492 g/mol. The molecule has 10 heteroatoms. The van der Waals surface area contributed by atoms with Crippen LogP contribution in [0, 0.1) is 0 Å². The maximum absolute atomic E-state index is 10.4. The second-order valence-electron chi connectivity index (χ2n) is 9.27. The standard InChI is InChI=1S/2C8H18N.C6H6O6S2/c2*1-3-9(2)7-5-4-6-8-9;7-13(8,9)5-1-2-6(4-3-5)14(10,11)12/h2*3-8H2,1-2H3;1-4H,(H,7,8,9)(H,10,11,12)/q2*+1;/p-2. The lowest BCUT2D eigenvalue weighted by atomic mass is 10.1. The highest BCUT2D eigenvalue weighted by atomic mass is 32.2. The Morgan fingerprint density at radius 3 is 1.03 bits per heavy atom. The Kier molecular flexibility index (Phi) is 11.3. The largest absolute Gasteiger partial charge is 0.744 e. The van der Waals surface area contributed by atoms with E-state index >= 15 is 0 Å². The van der Waals surface area contributed by atoms with Gasteiger partial charge in [0.2, 0.25) is 0 Å². The summed E-state index contributed by atoms with van der Waals surface area (Å²) in [5.41, 5.74) is 0. The molecule has 32 heavy (non-hydrogen) atoms. The van der Waals surface area contributed by atoms with Gasteiger partial charge < -0.3 is 18.1 Å². The number of hydrogen-bond acceptors (Lipinski definition) is 6. The molecule has 2 saturated heterocycles. The molecule has 1 aromatic rings.